The number of hydrogen-bond donors (Lipinski definition) is 0. The van der Waals surface area contributed by atoms with E-state index in [1.165, 1.54) is 10.9 Å². The summed E-state index contributed by atoms with van der Waals surface area (Å²) < 4.78 is 1.70. The molecule has 0 saturated heterocycles. The summed E-state index contributed by atoms with van der Waals surface area (Å²) in [6.07, 6.45) is 1.40. The zero-order valence-corrected chi connectivity index (χ0v) is 11.6. The Kier molecular flexibility index (Phi) is 3.86. The van der Waals surface area contributed by atoms with Crippen molar-refractivity contribution >= 4 is 39.1 Å². The highest BCUT2D eigenvalue weighted by molar-refractivity contribution is 9.10. The Morgan fingerprint density at radius 3 is 2.71 bits per heavy atom. The molecule has 0 atom stereocenters. The van der Waals surface area contributed by atoms with E-state index in [1.54, 1.807) is 6.07 Å². The van der Waals surface area contributed by atoms with Crippen LogP contribution in [0.25, 0.3) is 0 Å². The molecule has 0 aliphatic rings. The van der Waals surface area contributed by atoms with Crippen LogP contribution in [0.2, 0.25) is 10.2 Å². The molecule has 88 valence electrons. The maximum absolute atomic E-state index is 11.9. The first-order chi connectivity index (χ1) is 8.09. The minimum atomic E-state index is -0.232. The van der Waals surface area contributed by atoms with Crippen LogP contribution in [0.3, 0.4) is 0 Å². The third kappa shape index (κ3) is 2.70. The molecule has 0 aliphatic carbocycles. The molecular formula is C11H7BrCl2N2O. The zero-order chi connectivity index (χ0) is 12.4. The summed E-state index contributed by atoms with van der Waals surface area (Å²) >= 11 is 14.8. The van der Waals surface area contributed by atoms with Gasteiger partial charge in [0.15, 0.2) is 5.15 Å². The molecule has 6 heteroatoms. The summed E-state index contributed by atoms with van der Waals surface area (Å²) in [6.45, 7) is 0.362. The van der Waals surface area contributed by atoms with Crippen molar-refractivity contribution in [1.29, 1.82) is 0 Å². The van der Waals surface area contributed by atoms with E-state index in [9.17, 15) is 4.79 Å². The van der Waals surface area contributed by atoms with Crippen molar-refractivity contribution in [3.63, 3.8) is 0 Å². The lowest BCUT2D eigenvalue weighted by atomic mass is 10.2. The van der Waals surface area contributed by atoms with Gasteiger partial charge in [0.05, 0.1) is 12.9 Å². The second kappa shape index (κ2) is 5.21. The molecule has 0 N–H and O–H groups in total. The summed E-state index contributed by atoms with van der Waals surface area (Å²) in [5.41, 5.74) is 0.622. The van der Waals surface area contributed by atoms with Gasteiger partial charge in [-0.2, -0.15) is 0 Å². The Labute approximate surface area is 116 Å². The van der Waals surface area contributed by atoms with E-state index in [2.05, 4.69) is 20.9 Å². The Morgan fingerprint density at radius 2 is 2.00 bits per heavy atom. The molecule has 0 bridgehead atoms. The van der Waals surface area contributed by atoms with Crippen LogP contribution in [0.4, 0.5) is 0 Å². The molecule has 1 aromatic carbocycles. The summed E-state index contributed by atoms with van der Waals surface area (Å²) in [5, 5.41) is 0.774. The summed E-state index contributed by atoms with van der Waals surface area (Å²) in [5.74, 6) is 0. The second-order valence-electron chi connectivity index (χ2n) is 3.37. The van der Waals surface area contributed by atoms with E-state index >= 15 is 0 Å². The van der Waals surface area contributed by atoms with Crippen molar-refractivity contribution < 1.29 is 0 Å². The average Bonchev–Trinajstić information content (AvgIpc) is 2.32. The van der Waals surface area contributed by atoms with Crippen LogP contribution in [0.1, 0.15) is 5.56 Å². The molecule has 0 radical (unpaired) electrons. The van der Waals surface area contributed by atoms with Crippen molar-refractivity contribution in [2.45, 2.75) is 6.54 Å². The molecule has 0 unspecified atom stereocenters. The fraction of sp³-hybridized carbons (Fsp3) is 0.0909. The molecule has 17 heavy (non-hydrogen) atoms. The predicted molar refractivity (Wildman–Crippen MR) is 71.8 cm³/mol. The number of rotatable bonds is 2. The van der Waals surface area contributed by atoms with Crippen LogP contribution >= 0.6 is 39.1 Å². The molecule has 0 spiro atoms. The van der Waals surface area contributed by atoms with Crippen LogP contribution < -0.4 is 5.56 Å². The Bertz CT molecular complexity index is 613. The Hall–Kier alpha value is -0.840. The van der Waals surface area contributed by atoms with Gasteiger partial charge in [-0.05, 0) is 27.6 Å². The van der Waals surface area contributed by atoms with Crippen LogP contribution in [0, 0.1) is 0 Å². The summed E-state index contributed by atoms with van der Waals surface area (Å²) in [7, 11) is 0. The molecule has 0 saturated carbocycles. The van der Waals surface area contributed by atoms with Crippen molar-refractivity contribution in [2.75, 3.05) is 0 Å². The highest BCUT2D eigenvalue weighted by Crippen LogP contribution is 2.17. The number of nitrogens with zero attached hydrogens (tertiary/aromatic N) is 2. The van der Waals surface area contributed by atoms with Crippen molar-refractivity contribution in [3.8, 4) is 0 Å². The molecule has 0 fully saturated rings. The number of aromatic nitrogens is 2. The van der Waals surface area contributed by atoms with Gasteiger partial charge in [-0.25, -0.2) is 4.98 Å². The van der Waals surface area contributed by atoms with Crippen LogP contribution in [-0.2, 0) is 6.54 Å². The minimum Gasteiger partial charge on any atom is -0.294 e. The summed E-state index contributed by atoms with van der Waals surface area (Å²) in [6, 6.07) is 7.34. The third-order valence-corrected chi connectivity index (χ3v) is 3.84. The standard InChI is InChI=1S/C11H7BrCl2N2O/c12-9-10(14)15-6-16(11(9)17)5-7-3-1-2-4-8(7)13/h1-4,6H,5H2. The van der Waals surface area contributed by atoms with Gasteiger partial charge in [-0.1, -0.05) is 41.4 Å². The van der Waals surface area contributed by atoms with Gasteiger partial charge in [0.1, 0.15) is 4.47 Å². The van der Waals surface area contributed by atoms with E-state index in [0.29, 0.717) is 11.6 Å². The van der Waals surface area contributed by atoms with Gasteiger partial charge in [0, 0.05) is 5.02 Å². The second-order valence-corrected chi connectivity index (χ2v) is 4.93. The lowest BCUT2D eigenvalue weighted by Crippen LogP contribution is -2.22. The topological polar surface area (TPSA) is 34.9 Å². The van der Waals surface area contributed by atoms with Crippen LogP contribution in [-0.4, -0.2) is 9.55 Å². The van der Waals surface area contributed by atoms with E-state index < -0.39 is 0 Å². The van der Waals surface area contributed by atoms with Crippen molar-refractivity contribution in [1.82, 2.24) is 9.55 Å². The first kappa shape index (κ1) is 12.6. The normalized spacial score (nSPS) is 10.5. The van der Waals surface area contributed by atoms with Crippen LogP contribution in [0.5, 0.6) is 0 Å². The molecule has 1 heterocycles. The predicted octanol–water partition coefficient (Wildman–Crippen LogP) is 3.36. The average molecular weight is 334 g/mol. The van der Waals surface area contributed by atoms with Gasteiger partial charge in [0.2, 0.25) is 0 Å². The number of hydrogen-bond acceptors (Lipinski definition) is 2. The highest BCUT2D eigenvalue weighted by atomic mass is 79.9. The quantitative estimate of drug-likeness (QED) is 0.790. The number of benzene rings is 1. The molecular weight excluding hydrogens is 327 g/mol. The van der Waals surface area contributed by atoms with Gasteiger partial charge >= 0.3 is 0 Å². The molecule has 3 nitrogen and oxygen atoms in total. The van der Waals surface area contributed by atoms with Crippen molar-refractivity contribution in [3.05, 3.63) is 61.2 Å². The van der Waals surface area contributed by atoms with E-state index in [1.807, 2.05) is 18.2 Å². The van der Waals surface area contributed by atoms with E-state index in [4.69, 9.17) is 23.2 Å². The van der Waals surface area contributed by atoms with Gasteiger partial charge in [0.25, 0.3) is 5.56 Å². The molecule has 2 aromatic rings. The molecule has 1 aromatic heterocycles. The smallest absolute Gasteiger partial charge is 0.269 e. The minimum absolute atomic E-state index is 0.158. The fourth-order valence-corrected chi connectivity index (χ4v) is 2.02. The van der Waals surface area contributed by atoms with Gasteiger partial charge in [-0.15, -0.1) is 0 Å². The highest BCUT2D eigenvalue weighted by Gasteiger charge is 2.08. The van der Waals surface area contributed by atoms with E-state index in [-0.39, 0.29) is 15.2 Å². The van der Waals surface area contributed by atoms with Crippen molar-refractivity contribution in [2.24, 2.45) is 0 Å². The first-order valence-electron chi connectivity index (χ1n) is 4.73. The van der Waals surface area contributed by atoms with Gasteiger partial charge < -0.3 is 0 Å². The molecule has 0 amide bonds. The lowest BCUT2D eigenvalue weighted by molar-refractivity contribution is 0.731. The lowest BCUT2D eigenvalue weighted by Gasteiger charge is -2.07. The maximum Gasteiger partial charge on any atom is 0.269 e. The Morgan fingerprint density at radius 1 is 1.29 bits per heavy atom. The Balaban J connectivity index is 2.41. The molecule has 0 aliphatic heterocycles. The SMILES string of the molecule is O=c1c(Br)c(Cl)ncn1Cc1ccccc1Cl. The van der Waals surface area contributed by atoms with Gasteiger partial charge in [-0.3, -0.25) is 9.36 Å². The molecule has 2 rings (SSSR count). The third-order valence-electron chi connectivity index (χ3n) is 2.24. The fourth-order valence-electron chi connectivity index (χ4n) is 1.37. The summed E-state index contributed by atoms with van der Waals surface area (Å²) in [4.78, 5) is 15.8. The number of halogens is 3. The maximum atomic E-state index is 11.9. The monoisotopic (exact) mass is 332 g/mol. The van der Waals surface area contributed by atoms with E-state index in [0.717, 1.165) is 5.56 Å². The largest absolute Gasteiger partial charge is 0.294 e. The zero-order valence-electron chi connectivity index (χ0n) is 8.53. The first-order valence-corrected chi connectivity index (χ1v) is 6.28. The van der Waals surface area contributed by atoms with Crippen LogP contribution in [0.15, 0.2) is 39.9 Å².